The van der Waals surface area contributed by atoms with E-state index < -0.39 is 0 Å². The predicted molar refractivity (Wildman–Crippen MR) is 101 cm³/mol. The fraction of sp³-hybridized carbons (Fsp3) is 0.450. The Morgan fingerprint density at radius 3 is 2.80 bits per heavy atom. The molecule has 1 unspecified atom stereocenters. The van der Waals surface area contributed by atoms with E-state index in [4.69, 9.17) is 9.47 Å². The Kier molecular flexibility index (Phi) is 5.33. The summed E-state index contributed by atoms with van der Waals surface area (Å²) in [7, 11) is 5.10. The third-order valence-electron chi connectivity index (χ3n) is 4.79. The van der Waals surface area contributed by atoms with Crippen LogP contribution >= 0.6 is 11.3 Å². The van der Waals surface area contributed by atoms with Crippen LogP contribution in [0.3, 0.4) is 0 Å². The molecule has 0 spiro atoms. The summed E-state index contributed by atoms with van der Waals surface area (Å²) in [6.07, 6.45) is 3.42. The van der Waals surface area contributed by atoms with Crippen LogP contribution in [0.5, 0.6) is 11.5 Å². The number of ether oxygens (including phenoxy) is 2. The van der Waals surface area contributed by atoms with Crippen molar-refractivity contribution < 1.29 is 14.3 Å². The molecule has 0 radical (unpaired) electrons. The zero-order valence-corrected chi connectivity index (χ0v) is 16.1. The van der Waals surface area contributed by atoms with Crippen LogP contribution in [-0.2, 0) is 19.4 Å². The summed E-state index contributed by atoms with van der Waals surface area (Å²) in [5.41, 5.74) is 2.33. The molecule has 25 heavy (non-hydrogen) atoms. The minimum Gasteiger partial charge on any atom is -0.497 e. The summed E-state index contributed by atoms with van der Waals surface area (Å²) >= 11 is 1.66. The smallest absolute Gasteiger partial charge is 0.263 e. The van der Waals surface area contributed by atoms with Gasteiger partial charge in [-0.2, -0.15) is 0 Å². The topological polar surface area (TPSA) is 38.8 Å². The average Bonchev–Trinajstić information content (AvgIpc) is 3.04. The highest BCUT2D eigenvalue weighted by Crippen LogP contribution is 2.33. The van der Waals surface area contributed by atoms with Crippen molar-refractivity contribution in [1.82, 2.24) is 4.90 Å². The number of carbonyl (C=O) groups excluding carboxylic acids is 1. The molecule has 1 atom stereocenters. The van der Waals surface area contributed by atoms with Crippen LogP contribution in [0.15, 0.2) is 24.3 Å². The van der Waals surface area contributed by atoms with Crippen molar-refractivity contribution >= 4 is 17.2 Å². The Morgan fingerprint density at radius 2 is 2.08 bits per heavy atom. The van der Waals surface area contributed by atoms with Gasteiger partial charge in [-0.3, -0.25) is 4.79 Å². The third-order valence-corrected chi connectivity index (χ3v) is 6.01. The van der Waals surface area contributed by atoms with Crippen LogP contribution in [0.2, 0.25) is 0 Å². The van der Waals surface area contributed by atoms with E-state index >= 15 is 0 Å². The minimum absolute atomic E-state index is 0.0740. The van der Waals surface area contributed by atoms with Gasteiger partial charge in [0.1, 0.15) is 11.5 Å². The zero-order valence-electron chi connectivity index (χ0n) is 15.3. The molecule has 0 bridgehead atoms. The van der Waals surface area contributed by atoms with Gasteiger partial charge in [-0.25, -0.2) is 0 Å². The monoisotopic (exact) mass is 359 g/mol. The highest BCUT2D eigenvalue weighted by Gasteiger charge is 2.22. The first kappa shape index (κ1) is 17.8. The molecule has 0 N–H and O–H groups in total. The van der Waals surface area contributed by atoms with Crippen molar-refractivity contribution in [1.29, 1.82) is 0 Å². The summed E-state index contributed by atoms with van der Waals surface area (Å²) in [4.78, 5) is 16.8. The molecule has 1 heterocycles. The Bertz CT molecular complexity index is 768. The number of aryl methyl sites for hydroxylation is 1. The van der Waals surface area contributed by atoms with Crippen LogP contribution in [0, 0.1) is 5.92 Å². The van der Waals surface area contributed by atoms with Crippen LogP contribution in [0.4, 0.5) is 0 Å². The fourth-order valence-corrected chi connectivity index (χ4v) is 4.51. The van der Waals surface area contributed by atoms with Gasteiger partial charge in [0.05, 0.1) is 19.1 Å². The Morgan fingerprint density at radius 1 is 1.28 bits per heavy atom. The lowest BCUT2D eigenvalue weighted by Gasteiger charge is -2.18. The van der Waals surface area contributed by atoms with E-state index in [9.17, 15) is 4.79 Å². The first-order valence-electron chi connectivity index (χ1n) is 8.59. The lowest BCUT2D eigenvalue weighted by atomic mass is 9.90. The van der Waals surface area contributed by atoms with Crippen molar-refractivity contribution in [3.8, 4) is 11.5 Å². The van der Waals surface area contributed by atoms with E-state index in [1.807, 2.05) is 25.2 Å². The second-order valence-electron chi connectivity index (χ2n) is 6.75. The number of thiophene rings is 1. The SMILES string of the molecule is COc1ccc(CN(C)C(=O)c2cc3c(s2)CCC(C)C3)c(OC)c1. The number of benzene rings is 1. The number of rotatable bonds is 5. The summed E-state index contributed by atoms with van der Waals surface area (Å²) in [5.74, 6) is 2.27. The van der Waals surface area contributed by atoms with Crippen molar-refractivity contribution in [2.45, 2.75) is 32.7 Å². The van der Waals surface area contributed by atoms with Gasteiger partial charge < -0.3 is 14.4 Å². The summed E-state index contributed by atoms with van der Waals surface area (Å²) in [6, 6.07) is 7.78. The average molecular weight is 359 g/mol. The van der Waals surface area contributed by atoms with Gasteiger partial charge in [-0.05, 0) is 48.9 Å². The molecule has 5 heteroatoms. The quantitative estimate of drug-likeness (QED) is 0.804. The largest absolute Gasteiger partial charge is 0.497 e. The van der Waals surface area contributed by atoms with E-state index in [2.05, 4.69) is 13.0 Å². The Hall–Kier alpha value is -2.01. The van der Waals surface area contributed by atoms with Crippen molar-refractivity contribution in [2.24, 2.45) is 5.92 Å². The van der Waals surface area contributed by atoms with Crippen LogP contribution in [0.1, 0.15) is 39.0 Å². The Labute approximate surface area is 153 Å². The molecule has 0 aliphatic heterocycles. The molecular formula is C20H25NO3S. The van der Waals surface area contributed by atoms with Crippen molar-refractivity contribution in [3.05, 3.63) is 45.1 Å². The normalized spacial score (nSPS) is 16.2. The minimum atomic E-state index is 0.0740. The second kappa shape index (κ2) is 7.48. The molecule has 4 nitrogen and oxygen atoms in total. The zero-order chi connectivity index (χ0) is 18.0. The summed E-state index contributed by atoms with van der Waals surface area (Å²) in [6.45, 7) is 2.79. The molecule has 1 aliphatic rings. The summed E-state index contributed by atoms with van der Waals surface area (Å²) < 4.78 is 10.7. The lowest BCUT2D eigenvalue weighted by molar-refractivity contribution is 0.0789. The fourth-order valence-electron chi connectivity index (χ4n) is 3.31. The van der Waals surface area contributed by atoms with E-state index in [1.165, 1.54) is 16.9 Å². The standard InChI is InChI=1S/C20H25NO3S/c1-13-5-8-18-15(9-13)10-19(25-18)20(22)21(2)12-14-6-7-16(23-3)11-17(14)24-4/h6-7,10-11,13H,5,8-9,12H2,1-4H3. The number of hydrogen-bond acceptors (Lipinski definition) is 4. The molecule has 1 aliphatic carbocycles. The molecule has 2 aromatic rings. The van der Waals surface area contributed by atoms with Crippen LogP contribution in [0.25, 0.3) is 0 Å². The van der Waals surface area contributed by atoms with Crippen molar-refractivity contribution in [2.75, 3.05) is 21.3 Å². The second-order valence-corrected chi connectivity index (χ2v) is 7.88. The third kappa shape index (κ3) is 3.82. The Balaban J connectivity index is 1.75. The highest BCUT2D eigenvalue weighted by atomic mass is 32.1. The van der Waals surface area contributed by atoms with Gasteiger partial charge in [-0.15, -0.1) is 11.3 Å². The highest BCUT2D eigenvalue weighted by molar-refractivity contribution is 7.14. The number of carbonyl (C=O) groups is 1. The molecular weight excluding hydrogens is 334 g/mol. The van der Waals surface area contributed by atoms with Gasteiger partial charge in [0.25, 0.3) is 5.91 Å². The maximum Gasteiger partial charge on any atom is 0.263 e. The van der Waals surface area contributed by atoms with Gasteiger partial charge >= 0.3 is 0 Å². The van der Waals surface area contributed by atoms with Crippen LogP contribution < -0.4 is 9.47 Å². The van der Waals surface area contributed by atoms with E-state index in [-0.39, 0.29) is 5.91 Å². The molecule has 1 amide bonds. The summed E-state index contributed by atoms with van der Waals surface area (Å²) in [5, 5.41) is 0. The molecule has 1 aromatic carbocycles. The van der Waals surface area contributed by atoms with Gasteiger partial charge in [0, 0.05) is 30.1 Å². The number of fused-ring (bicyclic) bond motifs is 1. The molecule has 0 saturated heterocycles. The molecule has 0 fully saturated rings. The molecule has 1 aromatic heterocycles. The van der Waals surface area contributed by atoms with Gasteiger partial charge in [0.2, 0.25) is 0 Å². The first-order chi connectivity index (χ1) is 12.0. The maximum absolute atomic E-state index is 12.8. The number of hydrogen-bond donors (Lipinski definition) is 0. The van der Waals surface area contributed by atoms with Gasteiger partial charge in [-0.1, -0.05) is 6.92 Å². The van der Waals surface area contributed by atoms with Crippen LogP contribution in [-0.4, -0.2) is 32.1 Å². The van der Waals surface area contributed by atoms with E-state index in [0.717, 1.165) is 34.8 Å². The first-order valence-corrected chi connectivity index (χ1v) is 9.41. The molecule has 0 saturated carbocycles. The maximum atomic E-state index is 12.8. The molecule has 3 rings (SSSR count). The van der Waals surface area contributed by atoms with Gasteiger partial charge in [0.15, 0.2) is 0 Å². The molecule has 134 valence electrons. The number of nitrogens with zero attached hydrogens (tertiary/aromatic N) is 1. The van der Waals surface area contributed by atoms with Crippen molar-refractivity contribution in [3.63, 3.8) is 0 Å². The predicted octanol–water partition coefficient (Wildman–Crippen LogP) is 4.16. The number of amides is 1. The van der Waals surface area contributed by atoms with E-state index in [0.29, 0.717) is 12.5 Å². The lowest BCUT2D eigenvalue weighted by Crippen LogP contribution is -2.25. The van der Waals surface area contributed by atoms with E-state index in [1.54, 1.807) is 30.5 Å². The number of methoxy groups -OCH3 is 2.